The first kappa shape index (κ1) is 11.4. The zero-order valence-corrected chi connectivity index (χ0v) is 9.15. The summed E-state index contributed by atoms with van der Waals surface area (Å²) in [4.78, 5) is 20.2. The standard InChI is InChI=1S/C10H6BrNO3/c11-9-5-4-8(3-1-2-6-13)10(7-9)12(14)15/h4-7H,2H2. The van der Waals surface area contributed by atoms with Crippen LogP contribution in [0.1, 0.15) is 12.0 Å². The summed E-state index contributed by atoms with van der Waals surface area (Å²) in [5.74, 6) is 5.11. The second-order valence-electron chi connectivity index (χ2n) is 2.59. The van der Waals surface area contributed by atoms with E-state index in [1.54, 1.807) is 12.1 Å². The van der Waals surface area contributed by atoms with Gasteiger partial charge in [0, 0.05) is 10.5 Å². The third-order valence-corrected chi connectivity index (χ3v) is 2.06. The predicted molar refractivity (Wildman–Crippen MR) is 58.4 cm³/mol. The summed E-state index contributed by atoms with van der Waals surface area (Å²) in [6, 6.07) is 4.59. The van der Waals surface area contributed by atoms with E-state index in [9.17, 15) is 14.9 Å². The Labute approximate surface area is 94.6 Å². The van der Waals surface area contributed by atoms with Crippen molar-refractivity contribution in [2.45, 2.75) is 6.42 Å². The van der Waals surface area contributed by atoms with Gasteiger partial charge in [-0.05, 0) is 12.1 Å². The van der Waals surface area contributed by atoms with Crippen LogP contribution >= 0.6 is 15.9 Å². The van der Waals surface area contributed by atoms with Crippen LogP contribution in [0, 0.1) is 22.0 Å². The molecule has 4 nitrogen and oxygen atoms in total. The molecule has 0 saturated carbocycles. The van der Waals surface area contributed by atoms with E-state index in [1.165, 1.54) is 6.07 Å². The van der Waals surface area contributed by atoms with E-state index < -0.39 is 4.92 Å². The smallest absolute Gasteiger partial charge is 0.286 e. The molecule has 0 bridgehead atoms. The Morgan fingerprint density at radius 2 is 2.27 bits per heavy atom. The van der Waals surface area contributed by atoms with Crippen molar-refractivity contribution in [1.29, 1.82) is 0 Å². The minimum absolute atomic E-state index is 0.0669. The quantitative estimate of drug-likeness (QED) is 0.358. The molecular weight excluding hydrogens is 262 g/mol. The van der Waals surface area contributed by atoms with Gasteiger partial charge in [-0.3, -0.25) is 10.1 Å². The molecule has 0 spiro atoms. The molecule has 0 aliphatic carbocycles. The number of hydrogen-bond acceptors (Lipinski definition) is 3. The molecule has 0 N–H and O–H groups in total. The van der Waals surface area contributed by atoms with Crippen LogP contribution in [0.15, 0.2) is 22.7 Å². The molecule has 0 aromatic heterocycles. The molecule has 0 fully saturated rings. The predicted octanol–water partition coefficient (Wildman–Crippen LogP) is 2.30. The highest BCUT2D eigenvalue weighted by Crippen LogP contribution is 2.22. The van der Waals surface area contributed by atoms with Crippen molar-refractivity contribution in [3.05, 3.63) is 38.3 Å². The van der Waals surface area contributed by atoms with Crippen molar-refractivity contribution >= 4 is 27.9 Å². The van der Waals surface area contributed by atoms with Gasteiger partial charge in [0.15, 0.2) is 0 Å². The number of nitro benzene ring substituents is 1. The number of aldehydes is 1. The summed E-state index contributed by atoms with van der Waals surface area (Å²) in [6.07, 6.45) is 0.727. The number of carbonyl (C=O) groups excluding carboxylic acids is 1. The van der Waals surface area contributed by atoms with Gasteiger partial charge in [0.1, 0.15) is 11.8 Å². The minimum atomic E-state index is -0.504. The summed E-state index contributed by atoms with van der Waals surface area (Å²) < 4.78 is 0.620. The maximum Gasteiger partial charge on any atom is 0.286 e. The first-order valence-electron chi connectivity index (χ1n) is 4.01. The Balaban J connectivity index is 3.13. The second kappa shape index (κ2) is 5.27. The Bertz CT molecular complexity index is 459. The monoisotopic (exact) mass is 267 g/mol. The average Bonchev–Trinajstić information content (AvgIpc) is 2.20. The maximum absolute atomic E-state index is 10.7. The van der Waals surface area contributed by atoms with Crippen molar-refractivity contribution in [3.63, 3.8) is 0 Å². The Kier molecular flexibility index (Phi) is 4.01. The van der Waals surface area contributed by atoms with E-state index in [4.69, 9.17) is 0 Å². The highest BCUT2D eigenvalue weighted by molar-refractivity contribution is 9.10. The lowest BCUT2D eigenvalue weighted by Crippen LogP contribution is -1.91. The minimum Gasteiger partial charge on any atom is -0.302 e. The van der Waals surface area contributed by atoms with E-state index in [2.05, 4.69) is 27.8 Å². The van der Waals surface area contributed by atoms with Crippen molar-refractivity contribution < 1.29 is 9.72 Å². The number of carbonyl (C=O) groups is 1. The summed E-state index contributed by atoms with van der Waals surface area (Å²) >= 11 is 3.14. The van der Waals surface area contributed by atoms with Gasteiger partial charge in [0.2, 0.25) is 0 Å². The first-order valence-corrected chi connectivity index (χ1v) is 4.81. The Morgan fingerprint density at radius 1 is 1.53 bits per heavy atom. The zero-order chi connectivity index (χ0) is 11.3. The largest absolute Gasteiger partial charge is 0.302 e. The van der Waals surface area contributed by atoms with Crippen LogP contribution in [-0.2, 0) is 4.79 Å². The topological polar surface area (TPSA) is 60.2 Å². The molecule has 0 aliphatic rings. The number of halogens is 1. The highest BCUT2D eigenvalue weighted by Gasteiger charge is 2.11. The summed E-state index contributed by atoms with van der Waals surface area (Å²) in [5.41, 5.74) is 0.243. The van der Waals surface area contributed by atoms with Crippen molar-refractivity contribution in [2.24, 2.45) is 0 Å². The van der Waals surface area contributed by atoms with Crippen LogP contribution in [-0.4, -0.2) is 11.2 Å². The van der Waals surface area contributed by atoms with Crippen molar-refractivity contribution in [2.75, 3.05) is 0 Å². The fraction of sp³-hybridized carbons (Fsp3) is 0.100. The molecule has 0 atom stereocenters. The fourth-order valence-corrected chi connectivity index (χ4v) is 1.30. The molecule has 0 amide bonds. The Morgan fingerprint density at radius 3 is 2.87 bits per heavy atom. The van der Waals surface area contributed by atoms with Crippen LogP contribution in [0.5, 0.6) is 0 Å². The molecule has 0 radical (unpaired) electrons. The van der Waals surface area contributed by atoms with Gasteiger partial charge in [-0.15, -0.1) is 0 Å². The Hall–Kier alpha value is -1.67. The molecule has 15 heavy (non-hydrogen) atoms. The van der Waals surface area contributed by atoms with E-state index in [0.29, 0.717) is 16.3 Å². The van der Waals surface area contributed by atoms with Crippen LogP contribution < -0.4 is 0 Å². The van der Waals surface area contributed by atoms with Gasteiger partial charge in [0.25, 0.3) is 5.69 Å². The van der Waals surface area contributed by atoms with E-state index >= 15 is 0 Å². The molecule has 0 aliphatic heterocycles. The van der Waals surface area contributed by atoms with E-state index in [0.717, 1.165) is 0 Å². The number of nitro groups is 1. The lowest BCUT2D eigenvalue weighted by atomic mass is 10.2. The lowest BCUT2D eigenvalue weighted by molar-refractivity contribution is -0.385. The first-order chi connectivity index (χ1) is 7.15. The SMILES string of the molecule is O=CCC#Cc1ccc(Br)cc1[N+](=O)[O-]. The van der Waals surface area contributed by atoms with Crippen molar-refractivity contribution in [3.8, 4) is 11.8 Å². The molecule has 76 valence electrons. The molecular formula is C10H6BrNO3. The molecule has 0 heterocycles. The van der Waals surface area contributed by atoms with E-state index in [-0.39, 0.29) is 12.1 Å². The number of nitrogens with zero attached hydrogens (tertiary/aromatic N) is 1. The van der Waals surface area contributed by atoms with Gasteiger partial charge < -0.3 is 4.79 Å². The third-order valence-electron chi connectivity index (χ3n) is 1.56. The molecule has 0 saturated heterocycles. The number of benzene rings is 1. The normalized spacial score (nSPS) is 8.87. The molecule has 1 rings (SSSR count). The second-order valence-corrected chi connectivity index (χ2v) is 3.51. The van der Waals surface area contributed by atoms with Gasteiger partial charge in [-0.2, -0.15) is 0 Å². The molecule has 1 aromatic rings. The zero-order valence-electron chi connectivity index (χ0n) is 7.57. The fourth-order valence-electron chi connectivity index (χ4n) is 0.949. The van der Waals surface area contributed by atoms with Crippen molar-refractivity contribution in [1.82, 2.24) is 0 Å². The molecule has 1 aromatic carbocycles. The lowest BCUT2D eigenvalue weighted by Gasteiger charge is -1.95. The van der Waals surface area contributed by atoms with Crippen LogP contribution in [0.25, 0.3) is 0 Å². The van der Waals surface area contributed by atoms with Gasteiger partial charge in [0.05, 0.1) is 11.3 Å². The summed E-state index contributed by atoms with van der Waals surface area (Å²) in [5, 5.41) is 10.7. The molecule has 0 unspecified atom stereocenters. The average molecular weight is 268 g/mol. The number of hydrogen-bond donors (Lipinski definition) is 0. The van der Waals surface area contributed by atoms with Gasteiger partial charge >= 0.3 is 0 Å². The van der Waals surface area contributed by atoms with E-state index in [1.807, 2.05) is 0 Å². The van der Waals surface area contributed by atoms with Crippen LogP contribution in [0.3, 0.4) is 0 Å². The summed E-state index contributed by atoms with van der Waals surface area (Å²) in [7, 11) is 0. The third kappa shape index (κ3) is 3.18. The number of rotatable bonds is 2. The highest BCUT2D eigenvalue weighted by atomic mass is 79.9. The summed E-state index contributed by atoms with van der Waals surface area (Å²) in [6.45, 7) is 0. The molecule has 5 heteroatoms. The maximum atomic E-state index is 10.7. The van der Waals surface area contributed by atoms with Gasteiger partial charge in [-0.25, -0.2) is 0 Å². The van der Waals surface area contributed by atoms with Crippen LogP contribution in [0.4, 0.5) is 5.69 Å². The van der Waals surface area contributed by atoms with Gasteiger partial charge in [-0.1, -0.05) is 27.8 Å². The van der Waals surface area contributed by atoms with Crippen LogP contribution in [0.2, 0.25) is 0 Å².